The van der Waals surface area contributed by atoms with E-state index in [1.165, 1.54) is 16.0 Å². The molecular formula is C28H30N8OS. The topological polar surface area (TPSA) is 77.1 Å². The Balaban J connectivity index is 1.27. The molecule has 5 aromatic rings. The number of ether oxygens (including phenoxy) is 1. The predicted molar refractivity (Wildman–Crippen MR) is 149 cm³/mol. The van der Waals surface area contributed by atoms with Crippen molar-refractivity contribution in [2.45, 2.75) is 33.5 Å². The van der Waals surface area contributed by atoms with E-state index in [9.17, 15) is 0 Å². The van der Waals surface area contributed by atoms with Crippen LogP contribution in [0.2, 0.25) is 0 Å². The van der Waals surface area contributed by atoms with Crippen LogP contribution < -0.4 is 4.90 Å². The third-order valence-corrected chi connectivity index (χ3v) is 8.71. The highest BCUT2D eigenvalue weighted by molar-refractivity contribution is 7.19. The summed E-state index contributed by atoms with van der Waals surface area (Å²) < 4.78 is 10.8. The van der Waals surface area contributed by atoms with Crippen LogP contribution in [0, 0.1) is 13.8 Å². The molecule has 1 saturated heterocycles. The normalized spacial score (nSPS) is 16.3. The molecule has 38 heavy (non-hydrogen) atoms. The standard InChI is InChI=1S/C28H30N8OS/c1-19-4-3-5-21(16-19)22-6-8-36(32-22)28-30-25-20(2)23(17-33-10-11-34-9-7-29-24(34)18-33)38-26(25)27(31-28)35-12-14-37-15-13-35/h3-9,16H,10-15,17-18H2,1-2H3. The molecule has 1 aromatic carbocycles. The van der Waals surface area contributed by atoms with Crippen LogP contribution in [0.5, 0.6) is 0 Å². The summed E-state index contributed by atoms with van der Waals surface area (Å²) in [6.07, 6.45) is 5.93. The van der Waals surface area contributed by atoms with E-state index < -0.39 is 0 Å². The predicted octanol–water partition coefficient (Wildman–Crippen LogP) is 4.21. The van der Waals surface area contributed by atoms with E-state index >= 15 is 0 Å². The lowest BCUT2D eigenvalue weighted by Gasteiger charge is -2.28. The van der Waals surface area contributed by atoms with Gasteiger partial charge >= 0.3 is 0 Å². The summed E-state index contributed by atoms with van der Waals surface area (Å²) in [7, 11) is 0. The number of anilines is 1. The fourth-order valence-corrected chi connectivity index (χ4v) is 6.61. The number of aryl methyl sites for hydroxylation is 2. The first kappa shape index (κ1) is 23.5. The van der Waals surface area contributed by atoms with Crippen molar-refractivity contribution < 1.29 is 4.74 Å². The van der Waals surface area contributed by atoms with Gasteiger partial charge in [-0.25, -0.2) is 14.6 Å². The molecule has 9 nitrogen and oxygen atoms in total. The third-order valence-electron chi connectivity index (χ3n) is 7.44. The van der Waals surface area contributed by atoms with Gasteiger partial charge in [0.25, 0.3) is 5.95 Å². The van der Waals surface area contributed by atoms with Gasteiger partial charge in [0.15, 0.2) is 5.82 Å². The summed E-state index contributed by atoms with van der Waals surface area (Å²) >= 11 is 1.82. The second-order valence-electron chi connectivity index (χ2n) is 10.0. The van der Waals surface area contributed by atoms with Crippen LogP contribution in [-0.2, 0) is 24.4 Å². The summed E-state index contributed by atoms with van der Waals surface area (Å²) in [6.45, 7) is 11.1. The molecule has 7 rings (SSSR count). The van der Waals surface area contributed by atoms with Gasteiger partial charge in [-0.15, -0.1) is 11.3 Å². The van der Waals surface area contributed by atoms with Crippen molar-refractivity contribution >= 4 is 27.4 Å². The number of aromatic nitrogens is 6. The molecule has 10 heteroatoms. The van der Waals surface area contributed by atoms with Gasteiger partial charge in [-0.05, 0) is 31.5 Å². The Kier molecular flexibility index (Phi) is 5.95. The number of imidazole rings is 1. The Labute approximate surface area is 225 Å². The fourth-order valence-electron chi connectivity index (χ4n) is 5.31. The van der Waals surface area contributed by atoms with Gasteiger partial charge in [-0.1, -0.05) is 23.8 Å². The van der Waals surface area contributed by atoms with Crippen molar-refractivity contribution in [3.63, 3.8) is 0 Å². The lowest BCUT2D eigenvalue weighted by molar-refractivity contribution is 0.122. The second kappa shape index (κ2) is 9.61. The number of fused-ring (bicyclic) bond motifs is 2. The quantitative estimate of drug-likeness (QED) is 0.340. The van der Waals surface area contributed by atoms with E-state index in [1.54, 1.807) is 0 Å². The van der Waals surface area contributed by atoms with Crippen molar-refractivity contribution in [2.24, 2.45) is 0 Å². The maximum absolute atomic E-state index is 5.65. The van der Waals surface area contributed by atoms with E-state index in [2.05, 4.69) is 63.7 Å². The number of nitrogens with zero attached hydrogens (tertiary/aromatic N) is 8. The van der Waals surface area contributed by atoms with E-state index in [0.29, 0.717) is 19.2 Å². The van der Waals surface area contributed by atoms with Crippen molar-refractivity contribution in [3.8, 4) is 17.2 Å². The highest BCUT2D eigenvalue weighted by Gasteiger charge is 2.24. The monoisotopic (exact) mass is 526 g/mol. The van der Waals surface area contributed by atoms with Gasteiger partial charge in [0.1, 0.15) is 5.82 Å². The van der Waals surface area contributed by atoms with E-state index in [4.69, 9.17) is 19.8 Å². The highest BCUT2D eigenvalue weighted by Crippen LogP contribution is 2.37. The van der Waals surface area contributed by atoms with Crippen LogP contribution in [0.3, 0.4) is 0 Å². The number of hydrogen-bond donors (Lipinski definition) is 0. The maximum atomic E-state index is 5.65. The summed E-state index contributed by atoms with van der Waals surface area (Å²) in [5.41, 5.74) is 5.46. The molecule has 0 atom stereocenters. The lowest BCUT2D eigenvalue weighted by atomic mass is 10.1. The number of hydrogen-bond acceptors (Lipinski definition) is 8. The van der Waals surface area contributed by atoms with Crippen LogP contribution >= 0.6 is 11.3 Å². The molecule has 2 aliphatic rings. The zero-order valence-corrected chi connectivity index (χ0v) is 22.5. The average molecular weight is 527 g/mol. The van der Waals surface area contributed by atoms with Crippen molar-refractivity contribution in [1.29, 1.82) is 0 Å². The summed E-state index contributed by atoms with van der Waals surface area (Å²) in [6, 6.07) is 10.4. The first-order valence-corrected chi connectivity index (χ1v) is 13.9. The van der Waals surface area contributed by atoms with Crippen molar-refractivity contribution in [1.82, 2.24) is 34.2 Å². The van der Waals surface area contributed by atoms with E-state index in [1.807, 2.05) is 34.5 Å². The molecule has 0 unspecified atom stereocenters. The Morgan fingerprint density at radius 1 is 1.00 bits per heavy atom. The fraction of sp³-hybridized carbons (Fsp3) is 0.357. The molecule has 0 amide bonds. The number of thiophene rings is 1. The Hall–Kier alpha value is -3.60. The van der Waals surface area contributed by atoms with Crippen molar-refractivity contribution in [2.75, 3.05) is 37.7 Å². The van der Waals surface area contributed by atoms with Crippen LogP contribution in [-0.4, -0.2) is 67.0 Å². The van der Waals surface area contributed by atoms with E-state index in [0.717, 1.165) is 72.4 Å². The molecule has 194 valence electrons. The number of benzene rings is 1. The van der Waals surface area contributed by atoms with Crippen LogP contribution in [0.1, 0.15) is 21.8 Å². The number of rotatable bonds is 5. The van der Waals surface area contributed by atoms with Crippen LogP contribution in [0.4, 0.5) is 5.82 Å². The van der Waals surface area contributed by atoms with Gasteiger partial charge in [0.2, 0.25) is 0 Å². The van der Waals surface area contributed by atoms with Crippen LogP contribution in [0.15, 0.2) is 48.9 Å². The third kappa shape index (κ3) is 4.28. The number of morpholine rings is 1. The minimum Gasteiger partial charge on any atom is -0.378 e. The molecular weight excluding hydrogens is 496 g/mol. The molecule has 6 heterocycles. The molecule has 0 bridgehead atoms. The second-order valence-corrected chi connectivity index (χ2v) is 11.1. The van der Waals surface area contributed by atoms with Gasteiger partial charge in [-0.2, -0.15) is 10.1 Å². The summed E-state index contributed by atoms with van der Waals surface area (Å²) in [4.78, 5) is 20.8. The van der Waals surface area contributed by atoms with Crippen molar-refractivity contribution in [3.05, 3.63) is 70.8 Å². The zero-order chi connectivity index (χ0) is 25.6. The first-order chi connectivity index (χ1) is 18.6. The Morgan fingerprint density at radius 2 is 1.89 bits per heavy atom. The van der Waals surface area contributed by atoms with Gasteiger partial charge in [0.05, 0.1) is 35.7 Å². The Bertz CT molecular complexity index is 1610. The first-order valence-electron chi connectivity index (χ1n) is 13.1. The summed E-state index contributed by atoms with van der Waals surface area (Å²) in [5, 5.41) is 4.87. The van der Waals surface area contributed by atoms with Gasteiger partial charge in [-0.3, -0.25) is 4.90 Å². The molecule has 0 saturated carbocycles. The summed E-state index contributed by atoms with van der Waals surface area (Å²) in [5.74, 6) is 2.72. The largest absolute Gasteiger partial charge is 0.378 e. The molecule has 0 radical (unpaired) electrons. The highest BCUT2D eigenvalue weighted by atomic mass is 32.1. The molecule has 4 aromatic heterocycles. The minimum absolute atomic E-state index is 0.602. The van der Waals surface area contributed by atoms with E-state index in [-0.39, 0.29) is 0 Å². The van der Waals surface area contributed by atoms with Gasteiger partial charge in [0, 0.05) is 61.8 Å². The minimum atomic E-state index is 0.602. The van der Waals surface area contributed by atoms with Gasteiger partial charge < -0.3 is 14.2 Å². The molecule has 2 aliphatic heterocycles. The Morgan fingerprint density at radius 3 is 2.76 bits per heavy atom. The smallest absolute Gasteiger partial charge is 0.253 e. The molecule has 0 spiro atoms. The average Bonchev–Trinajstić information content (AvgIpc) is 3.68. The lowest BCUT2D eigenvalue weighted by Crippen LogP contribution is -2.37. The zero-order valence-electron chi connectivity index (χ0n) is 21.7. The van der Waals surface area contributed by atoms with Crippen LogP contribution in [0.25, 0.3) is 27.4 Å². The molecule has 0 aliphatic carbocycles. The molecule has 0 N–H and O–H groups in total. The molecule has 1 fully saturated rings. The SMILES string of the molecule is Cc1cccc(-c2ccn(-c3nc(N4CCOCC4)c4sc(CN5CCn6ccnc6C5)c(C)c4n3)n2)c1. The maximum Gasteiger partial charge on any atom is 0.253 e.